The minimum absolute atomic E-state index is 0.0184. The van der Waals surface area contributed by atoms with Crippen molar-refractivity contribution in [1.82, 2.24) is 15.2 Å². The van der Waals surface area contributed by atoms with Crippen molar-refractivity contribution in [3.63, 3.8) is 0 Å². The van der Waals surface area contributed by atoms with Crippen molar-refractivity contribution in [2.75, 3.05) is 19.2 Å². The first-order chi connectivity index (χ1) is 17.3. The van der Waals surface area contributed by atoms with Crippen LogP contribution in [-0.4, -0.2) is 81.2 Å². The van der Waals surface area contributed by atoms with Gasteiger partial charge in [0, 0.05) is 16.7 Å². The third-order valence-electron chi connectivity index (χ3n) is 5.02. The number of fused-ring (bicyclic) bond motifs is 1. The van der Waals surface area contributed by atoms with E-state index in [2.05, 4.69) is 15.5 Å². The van der Waals surface area contributed by atoms with Gasteiger partial charge in [-0.2, -0.15) is 0 Å². The van der Waals surface area contributed by atoms with E-state index in [1.165, 1.54) is 17.1 Å². The number of nitrogens with one attached hydrogen (secondary N) is 3. The zero-order valence-electron chi connectivity index (χ0n) is 19.9. The van der Waals surface area contributed by atoms with Crippen molar-refractivity contribution in [2.24, 2.45) is 16.3 Å². The highest BCUT2D eigenvalue weighted by atomic mass is 32.2. The molecule has 3 amide bonds. The number of rotatable bonds is 8. The molecular weight excluding hydrogens is 532 g/mol. The summed E-state index contributed by atoms with van der Waals surface area (Å²) in [6.07, 6.45) is -1.09. The maximum atomic E-state index is 13.0. The zero-order valence-corrected chi connectivity index (χ0v) is 21.5. The standard InChI is InChI=1S/C20H24N6O9S2/c1-20(2,3)17(30)35-7-34-16(29)12-8(4-33-19(22)31)5-36-15-11(14(28)26(12)15)24-13(27)10(25-32)9-6-37-18(21)23-9/h6,11,15,32H,4-5,7H2,1-3H3,(H2,21,23)(H2,22,31)(H,24,27)/b25-10-/t11?,15-/m1/s1. The van der Waals surface area contributed by atoms with Crippen LogP contribution in [0.5, 0.6) is 0 Å². The number of hydrogen-bond donors (Lipinski definition) is 5. The van der Waals surface area contributed by atoms with Crippen molar-refractivity contribution in [2.45, 2.75) is 32.2 Å². The second kappa shape index (κ2) is 11.0. The number of ether oxygens (including phenoxy) is 3. The van der Waals surface area contributed by atoms with E-state index < -0.39 is 65.8 Å². The fourth-order valence-corrected chi connectivity index (χ4v) is 5.11. The van der Waals surface area contributed by atoms with Gasteiger partial charge in [-0.25, -0.2) is 9.59 Å². The van der Waals surface area contributed by atoms with E-state index in [1.54, 1.807) is 20.8 Å². The molecule has 0 radical (unpaired) electrons. The minimum atomic E-state index is -1.09. The Bertz CT molecular complexity index is 1250. The van der Waals surface area contributed by atoms with E-state index in [9.17, 15) is 29.2 Å². The molecule has 15 nitrogen and oxygen atoms in total. The highest BCUT2D eigenvalue weighted by Crippen LogP contribution is 2.40. The Kier molecular flexibility index (Phi) is 8.27. The summed E-state index contributed by atoms with van der Waals surface area (Å²) < 4.78 is 14.8. The summed E-state index contributed by atoms with van der Waals surface area (Å²) in [5, 5.41) is 22.9. The molecule has 0 aromatic carbocycles. The number of carbonyl (C=O) groups excluding carboxylic acids is 5. The number of hydrogen-bond acceptors (Lipinski definition) is 13. The quantitative estimate of drug-likeness (QED) is 0.0693. The molecule has 2 aliphatic heterocycles. The molecule has 3 heterocycles. The fraction of sp³-hybridized carbons (Fsp3) is 0.450. The number of primary amides is 1. The largest absolute Gasteiger partial charge is 0.445 e. The average molecular weight is 557 g/mol. The molecule has 0 aliphatic carbocycles. The summed E-state index contributed by atoms with van der Waals surface area (Å²) >= 11 is 2.14. The number of oxime groups is 1. The Morgan fingerprint density at radius 3 is 2.57 bits per heavy atom. The number of thiazole rings is 1. The number of carbonyl (C=O) groups is 5. The lowest BCUT2D eigenvalue weighted by atomic mass is 9.98. The first-order valence-corrected chi connectivity index (χ1v) is 12.5. The first kappa shape index (κ1) is 27.7. The lowest BCUT2D eigenvalue weighted by Gasteiger charge is -2.49. The van der Waals surface area contributed by atoms with Crippen molar-refractivity contribution >= 4 is 58.7 Å². The number of β-lactam (4-membered cyclic amide) rings is 1. The van der Waals surface area contributed by atoms with Gasteiger partial charge in [-0.1, -0.05) is 5.16 Å². The maximum Gasteiger partial charge on any atom is 0.404 e. The lowest BCUT2D eigenvalue weighted by Crippen LogP contribution is -2.71. The topological polar surface area (TPSA) is 227 Å². The molecule has 0 bridgehead atoms. The van der Waals surface area contributed by atoms with Gasteiger partial charge in [-0.05, 0) is 20.8 Å². The Hall–Kier alpha value is -3.86. The molecule has 1 unspecified atom stereocenters. The number of nitrogens with two attached hydrogens (primary N) is 1. The van der Waals surface area contributed by atoms with Crippen LogP contribution in [0.25, 0.3) is 0 Å². The van der Waals surface area contributed by atoms with Gasteiger partial charge in [0.1, 0.15) is 23.7 Å². The highest BCUT2D eigenvalue weighted by Gasteiger charge is 2.55. The van der Waals surface area contributed by atoms with Gasteiger partial charge in [0.05, 0.1) is 11.1 Å². The van der Waals surface area contributed by atoms with E-state index >= 15 is 0 Å². The van der Waals surface area contributed by atoms with Crippen LogP contribution >= 0.6 is 23.1 Å². The molecule has 2 aliphatic rings. The van der Waals surface area contributed by atoms with Crippen molar-refractivity contribution < 1.29 is 43.4 Å². The molecule has 17 heteroatoms. The van der Waals surface area contributed by atoms with E-state index in [0.29, 0.717) is 0 Å². The van der Waals surface area contributed by atoms with Gasteiger partial charge < -0.3 is 35.5 Å². The van der Waals surface area contributed by atoms with Gasteiger partial charge >= 0.3 is 18.0 Å². The van der Waals surface area contributed by atoms with Crippen LogP contribution in [0.1, 0.15) is 26.5 Å². The Balaban J connectivity index is 1.76. The summed E-state index contributed by atoms with van der Waals surface area (Å²) in [6.45, 7) is 3.74. The molecule has 3 rings (SSSR count). The predicted molar refractivity (Wildman–Crippen MR) is 127 cm³/mol. The van der Waals surface area contributed by atoms with Crippen LogP contribution in [0.4, 0.5) is 4.79 Å². The number of aromatic amines is 1. The summed E-state index contributed by atoms with van der Waals surface area (Å²) in [5.74, 6) is -3.09. The van der Waals surface area contributed by atoms with Gasteiger partial charge in [-0.3, -0.25) is 24.7 Å². The van der Waals surface area contributed by atoms with Gasteiger partial charge in [0.25, 0.3) is 11.8 Å². The number of H-pyrrole nitrogens is 1. The van der Waals surface area contributed by atoms with Crippen LogP contribution in [0.2, 0.25) is 0 Å². The highest BCUT2D eigenvalue weighted by molar-refractivity contribution is 8.00. The smallest absolute Gasteiger partial charge is 0.404 e. The Morgan fingerprint density at radius 1 is 1.30 bits per heavy atom. The maximum absolute atomic E-state index is 13.0. The van der Waals surface area contributed by atoms with E-state index in [1.807, 2.05) is 0 Å². The van der Waals surface area contributed by atoms with Crippen molar-refractivity contribution in [3.05, 3.63) is 27.1 Å². The minimum Gasteiger partial charge on any atom is -0.445 e. The van der Waals surface area contributed by atoms with E-state index in [-0.39, 0.29) is 27.5 Å². The molecule has 1 aromatic rings. The summed E-state index contributed by atoms with van der Waals surface area (Å²) in [6, 6.07) is -1.09. The number of esters is 2. The van der Waals surface area contributed by atoms with E-state index in [0.717, 1.165) is 16.2 Å². The third kappa shape index (κ3) is 6.11. The molecular formula is C20H24N6O9S2. The third-order valence-corrected chi connectivity index (χ3v) is 7.05. The molecule has 0 spiro atoms. The van der Waals surface area contributed by atoms with Crippen LogP contribution in [-0.2, 0) is 33.4 Å². The first-order valence-electron chi connectivity index (χ1n) is 10.5. The van der Waals surface area contributed by atoms with Crippen LogP contribution in [0.15, 0.2) is 21.8 Å². The molecule has 1 aromatic heterocycles. The number of nitrogens with zero attached hydrogens (tertiary/aromatic N) is 2. The van der Waals surface area contributed by atoms with Gasteiger partial charge in [-0.15, -0.1) is 23.1 Å². The van der Waals surface area contributed by atoms with Crippen molar-refractivity contribution in [3.8, 4) is 0 Å². The normalized spacial score (nSPS) is 19.5. The number of aromatic nitrogens is 1. The molecule has 6 N–H and O–H groups in total. The fourth-order valence-electron chi connectivity index (χ4n) is 3.21. The average Bonchev–Trinajstić information content (AvgIpc) is 3.25. The Labute approximate surface area is 217 Å². The molecule has 1 fully saturated rings. The van der Waals surface area contributed by atoms with Gasteiger partial charge in [0.15, 0.2) is 10.5 Å². The molecule has 1 saturated heterocycles. The Morgan fingerprint density at radius 2 is 2.00 bits per heavy atom. The number of amides is 3. The molecule has 0 saturated carbocycles. The molecule has 2 atom stereocenters. The SMILES string of the molecule is CC(C)(C)C(=O)OCOC(=O)C1=C(COC(N)=O)CS[C@@H]2C(NC(=O)/C(=N\O)c3csc(=N)[nH]3)C(=O)N12. The monoisotopic (exact) mass is 556 g/mol. The van der Waals surface area contributed by atoms with Crippen LogP contribution in [0, 0.1) is 10.8 Å². The lowest BCUT2D eigenvalue weighted by molar-refractivity contribution is -0.173. The molecule has 37 heavy (non-hydrogen) atoms. The predicted octanol–water partition coefficient (Wildman–Crippen LogP) is -0.427. The summed E-state index contributed by atoms with van der Waals surface area (Å²) in [7, 11) is 0. The number of thioether (sulfide) groups is 1. The molecule has 200 valence electrons. The van der Waals surface area contributed by atoms with Gasteiger partial charge in [0.2, 0.25) is 6.79 Å². The van der Waals surface area contributed by atoms with Crippen molar-refractivity contribution in [1.29, 1.82) is 5.41 Å². The summed E-state index contributed by atoms with van der Waals surface area (Å²) in [5.41, 5.74) is 3.82. The second-order valence-corrected chi connectivity index (χ2v) is 10.7. The second-order valence-electron chi connectivity index (χ2n) is 8.70. The van der Waals surface area contributed by atoms with E-state index in [4.69, 9.17) is 25.4 Å². The summed E-state index contributed by atoms with van der Waals surface area (Å²) in [4.78, 5) is 65.2. The van der Waals surface area contributed by atoms with Crippen LogP contribution < -0.4 is 15.9 Å². The van der Waals surface area contributed by atoms with Crippen LogP contribution in [0.3, 0.4) is 0 Å². The zero-order chi connectivity index (χ0) is 27.5.